The van der Waals surface area contributed by atoms with Crippen molar-refractivity contribution in [2.24, 2.45) is 5.92 Å². The summed E-state index contributed by atoms with van der Waals surface area (Å²) in [6.45, 7) is 0.462. The molecular weight excluding hydrogens is 511 g/mol. The monoisotopic (exact) mass is 538 g/mol. The second-order valence-electron chi connectivity index (χ2n) is 9.26. The molecule has 11 nitrogen and oxygen atoms in total. The molecule has 1 saturated carbocycles. The zero-order valence-corrected chi connectivity index (χ0v) is 20.9. The number of hydrogen-bond donors (Lipinski definition) is 5. The van der Waals surface area contributed by atoms with Gasteiger partial charge in [0.2, 0.25) is 0 Å². The Labute approximate surface area is 212 Å². The largest absolute Gasteiger partial charge is 0.387 e. The molecule has 1 aromatic carbocycles. The smallest absolute Gasteiger partial charge is 0.354 e. The van der Waals surface area contributed by atoms with E-state index in [0.717, 1.165) is 12.2 Å². The number of nitrogens with one attached hydrogen (secondary N) is 1. The van der Waals surface area contributed by atoms with E-state index in [-0.39, 0.29) is 18.2 Å². The van der Waals surface area contributed by atoms with E-state index < -0.39 is 38.0 Å². The molecule has 0 radical (unpaired) electrons. The second-order valence-corrected chi connectivity index (χ2v) is 11.4. The molecular formula is C23H28ClN4O7P. The topological polar surface area (TPSA) is 159 Å². The number of rotatable bonds is 10. The van der Waals surface area contributed by atoms with Gasteiger partial charge in [-0.15, -0.1) is 0 Å². The van der Waals surface area contributed by atoms with E-state index in [0.29, 0.717) is 22.5 Å². The van der Waals surface area contributed by atoms with Crippen molar-refractivity contribution in [3.05, 3.63) is 53.3 Å². The average molecular weight is 539 g/mol. The fraction of sp³-hybridized carbons (Fsp3) is 0.478. The van der Waals surface area contributed by atoms with Crippen LogP contribution in [0.25, 0.3) is 11.0 Å². The number of aliphatic hydroxyl groups is 2. The van der Waals surface area contributed by atoms with Gasteiger partial charge in [-0.25, -0.2) is 9.67 Å². The Morgan fingerprint density at radius 3 is 2.67 bits per heavy atom. The highest BCUT2D eigenvalue weighted by Crippen LogP contribution is 2.44. The summed E-state index contributed by atoms with van der Waals surface area (Å²) in [5, 5.41) is 30.0. The van der Waals surface area contributed by atoms with Gasteiger partial charge in [0, 0.05) is 18.7 Å². The highest BCUT2D eigenvalue weighted by atomic mass is 35.5. The first-order valence-electron chi connectivity index (χ1n) is 11.7. The summed E-state index contributed by atoms with van der Waals surface area (Å²) in [5.41, 5.74) is 1.82. The third kappa shape index (κ3) is 5.58. The van der Waals surface area contributed by atoms with Crippen molar-refractivity contribution in [3.63, 3.8) is 0 Å². The molecule has 1 aliphatic heterocycles. The van der Waals surface area contributed by atoms with Gasteiger partial charge in [-0.3, -0.25) is 4.57 Å². The van der Waals surface area contributed by atoms with E-state index in [4.69, 9.17) is 21.1 Å². The molecule has 0 bridgehead atoms. The van der Waals surface area contributed by atoms with Crippen LogP contribution in [0.15, 0.2) is 42.6 Å². The molecule has 3 aromatic rings. The van der Waals surface area contributed by atoms with E-state index in [1.165, 1.54) is 17.5 Å². The first-order chi connectivity index (χ1) is 17.2. The lowest BCUT2D eigenvalue weighted by molar-refractivity contribution is -0.0759. The van der Waals surface area contributed by atoms with Crippen LogP contribution in [-0.2, 0) is 20.5 Å². The van der Waals surface area contributed by atoms with Crippen molar-refractivity contribution in [3.8, 4) is 0 Å². The molecule has 36 heavy (non-hydrogen) atoms. The molecule has 1 aliphatic carbocycles. The standard InChI is InChI=1S/C23H28ClN4O7P/c24-18-9-16(25-10-14-6-7-14)15-11-26-28(22(15)27-18)23-21(30)20(29)17(35-23)12-34-19(36(31,32)33)8-13-4-2-1-3-5-13/h1-5,9,11,14,17,19-21,23,29-30H,6-8,10,12H2,(H,25,27)(H2,31,32,33)/t17-,19+,20-,21-,23-/m1/s1. The van der Waals surface area contributed by atoms with Crippen LogP contribution in [0, 0.1) is 5.92 Å². The summed E-state index contributed by atoms with van der Waals surface area (Å²) >= 11 is 6.24. The molecule has 2 fully saturated rings. The highest BCUT2D eigenvalue weighted by molar-refractivity contribution is 7.52. The number of fused-ring (bicyclic) bond motifs is 1. The number of hydrogen-bond acceptors (Lipinski definition) is 8. The molecule has 1 saturated heterocycles. The maximum absolute atomic E-state index is 12.0. The summed E-state index contributed by atoms with van der Waals surface area (Å²) in [5.74, 6) is -0.796. The number of anilines is 1. The molecule has 0 amide bonds. The molecule has 2 aromatic heterocycles. The Balaban J connectivity index is 1.31. The predicted molar refractivity (Wildman–Crippen MR) is 132 cm³/mol. The quantitative estimate of drug-likeness (QED) is 0.191. The Bertz CT molecular complexity index is 1250. The van der Waals surface area contributed by atoms with Gasteiger partial charge >= 0.3 is 7.60 Å². The number of pyridine rings is 1. The van der Waals surface area contributed by atoms with E-state index in [1.807, 2.05) is 0 Å². The van der Waals surface area contributed by atoms with Crippen LogP contribution in [0.2, 0.25) is 5.15 Å². The lowest BCUT2D eigenvalue weighted by Crippen LogP contribution is -2.35. The van der Waals surface area contributed by atoms with Crippen molar-refractivity contribution in [1.29, 1.82) is 0 Å². The third-order valence-electron chi connectivity index (χ3n) is 6.47. The number of aromatic nitrogens is 3. The first-order valence-corrected chi connectivity index (χ1v) is 13.8. The minimum absolute atomic E-state index is 0.0250. The molecule has 2 aliphatic rings. The molecule has 0 spiro atoms. The first kappa shape index (κ1) is 25.6. The maximum atomic E-state index is 12.0. The molecule has 5 N–H and O–H groups in total. The Hall–Kier alpha value is -2.08. The maximum Gasteiger partial charge on any atom is 0.354 e. The van der Waals surface area contributed by atoms with Crippen LogP contribution in [0.1, 0.15) is 24.6 Å². The van der Waals surface area contributed by atoms with Gasteiger partial charge in [0.15, 0.2) is 17.7 Å². The van der Waals surface area contributed by atoms with Gasteiger partial charge in [0.05, 0.1) is 18.2 Å². The number of ether oxygens (including phenoxy) is 2. The van der Waals surface area contributed by atoms with Crippen molar-refractivity contribution in [2.45, 2.75) is 49.6 Å². The minimum Gasteiger partial charge on any atom is -0.387 e. The van der Waals surface area contributed by atoms with Gasteiger partial charge in [0.25, 0.3) is 0 Å². The van der Waals surface area contributed by atoms with Gasteiger partial charge < -0.3 is 34.8 Å². The number of nitrogens with zero attached hydrogens (tertiary/aromatic N) is 3. The van der Waals surface area contributed by atoms with Crippen molar-refractivity contribution < 1.29 is 34.0 Å². The normalized spacial score (nSPS) is 25.4. The van der Waals surface area contributed by atoms with Crippen molar-refractivity contribution in [1.82, 2.24) is 14.8 Å². The SMILES string of the molecule is O=P(O)(O)[C@@H](Cc1ccccc1)OC[C@H]1O[C@@H](n2ncc3c(NCC4CC4)cc(Cl)nc32)[C@H](O)[C@@H]1O. The lowest BCUT2D eigenvalue weighted by atomic mass is 10.1. The number of aliphatic hydroxyl groups excluding tert-OH is 2. The van der Waals surface area contributed by atoms with Crippen LogP contribution in [0.5, 0.6) is 0 Å². The Kier molecular flexibility index (Phi) is 7.35. The number of benzene rings is 1. The molecule has 5 atom stereocenters. The summed E-state index contributed by atoms with van der Waals surface area (Å²) in [4.78, 5) is 23.9. The van der Waals surface area contributed by atoms with Crippen LogP contribution in [-0.4, -0.2) is 72.1 Å². The molecule has 3 heterocycles. The zero-order chi connectivity index (χ0) is 25.4. The zero-order valence-electron chi connectivity index (χ0n) is 19.2. The fourth-order valence-electron chi connectivity index (χ4n) is 4.26. The minimum atomic E-state index is -4.62. The van der Waals surface area contributed by atoms with Gasteiger partial charge in [-0.1, -0.05) is 41.9 Å². The molecule has 0 unspecified atom stereocenters. The summed E-state index contributed by atoms with van der Waals surface area (Å²) < 4.78 is 24.8. The molecule has 13 heteroatoms. The van der Waals surface area contributed by atoms with Crippen LogP contribution >= 0.6 is 19.2 Å². The van der Waals surface area contributed by atoms with Crippen molar-refractivity contribution in [2.75, 3.05) is 18.5 Å². The Morgan fingerprint density at radius 2 is 1.97 bits per heavy atom. The van der Waals surface area contributed by atoms with Crippen LogP contribution < -0.4 is 5.32 Å². The summed E-state index contributed by atoms with van der Waals surface area (Å²) in [6.07, 6.45) is -0.982. The van der Waals surface area contributed by atoms with E-state index in [9.17, 15) is 24.6 Å². The molecule has 5 rings (SSSR count). The number of halogens is 1. The average Bonchev–Trinajstić information content (AvgIpc) is 3.52. The predicted octanol–water partition coefficient (Wildman–Crippen LogP) is 2.29. The second kappa shape index (κ2) is 10.4. The fourth-order valence-corrected chi connectivity index (χ4v) is 5.18. The van der Waals surface area contributed by atoms with Crippen LogP contribution in [0.4, 0.5) is 5.69 Å². The summed E-state index contributed by atoms with van der Waals surface area (Å²) in [6, 6.07) is 10.5. The van der Waals surface area contributed by atoms with Gasteiger partial charge in [-0.2, -0.15) is 5.10 Å². The van der Waals surface area contributed by atoms with E-state index in [1.54, 1.807) is 42.6 Å². The van der Waals surface area contributed by atoms with Crippen LogP contribution in [0.3, 0.4) is 0 Å². The third-order valence-corrected chi connectivity index (χ3v) is 7.75. The lowest BCUT2D eigenvalue weighted by Gasteiger charge is -2.22. The van der Waals surface area contributed by atoms with Gasteiger partial charge in [0.1, 0.15) is 23.5 Å². The van der Waals surface area contributed by atoms with E-state index in [2.05, 4.69) is 15.4 Å². The molecule has 194 valence electrons. The highest BCUT2D eigenvalue weighted by Gasteiger charge is 2.46. The van der Waals surface area contributed by atoms with Gasteiger partial charge in [-0.05, 0) is 30.4 Å². The summed E-state index contributed by atoms with van der Waals surface area (Å²) in [7, 11) is -4.62. The van der Waals surface area contributed by atoms with Crippen molar-refractivity contribution >= 4 is 35.9 Å². The van der Waals surface area contributed by atoms with E-state index >= 15 is 0 Å². The Morgan fingerprint density at radius 1 is 1.22 bits per heavy atom.